The zero-order valence-corrected chi connectivity index (χ0v) is 22.1. The lowest BCUT2D eigenvalue weighted by Crippen LogP contribution is -2.50. The molecule has 0 radical (unpaired) electrons. The summed E-state index contributed by atoms with van der Waals surface area (Å²) in [5.41, 5.74) is 0.604. The van der Waals surface area contributed by atoms with Crippen molar-refractivity contribution in [3.8, 4) is 11.4 Å². The first-order chi connectivity index (χ1) is 19.3. The summed E-state index contributed by atoms with van der Waals surface area (Å²) in [5.74, 6) is 0.631. The minimum absolute atomic E-state index is 0.0944. The van der Waals surface area contributed by atoms with E-state index in [0.29, 0.717) is 59.7 Å². The first-order valence-electron chi connectivity index (χ1n) is 13.3. The van der Waals surface area contributed by atoms with E-state index in [1.807, 2.05) is 4.90 Å². The molecule has 1 saturated carbocycles. The molecule has 11 nitrogen and oxygen atoms in total. The summed E-state index contributed by atoms with van der Waals surface area (Å²) in [6.45, 7) is 1.06. The summed E-state index contributed by atoms with van der Waals surface area (Å²) in [4.78, 5) is 44.7. The maximum absolute atomic E-state index is 13.3. The van der Waals surface area contributed by atoms with Gasteiger partial charge in [-0.2, -0.15) is 5.10 Å². The van der Waals surface area contributed by atoms with Gasteiger partial charge in [0.05, 0.1) is 31.1 Å². The molecule has 2 fully saturated rings. The number of ether oxygens (including phenoxy) is 1. The van der Waals surface area contributed by atoms with Crippen LogP contribution in [-0.4, -0.2) is 67.0 Å². The van der Waals surface area contributed by atoms with Gasteiger partial charge in [-0.3, -0.25) is 19.0 Å². The van der Waals surface area contributed by atoms with Gasteiger partial charge in [0.15, 0.2) is 5.65 Å². The second-order valence-corrected chi connectivity index (χ2v) is 10.5. The topological polar surface area (TPSA) is 132 Å². The number of rotatable bonds is 7. The monoisotopic (exact) mass is 542 g/mol. The molecule has 0 atom stereocenters. The summed E-state index contributed by atoms with van der Waals surface area (Å²) in [6.07, 6.45) is 5.61. The van der Waals surface area contributed by atoms with Crippen LogP contribution in [0.3, 0.4) is 0 Å². The average molecular weight is 543 g/mol. The van der Waals surface area contributed by atoms with Crippen molar-refractivity contribution in [2.24, 2.45) is 5.92 Å². The van der Waals surface area contributed by atoms with Gasteiger partial charge in [0, 0.05) is 30.3 Å². The molecule has 1 saturated heterocycles. The van der Waals surface area contributed by atoms with Gasteiger partial charge in [-0.05, 0) is 62.1 Å². The number of anilines is 1. The summed E-state index contributed by atoms with van der Waals surface area (Å²) in [5, 5.41) is 18.8. The molecule has 40 heavy (non-hydrogen) atoms. The lowest BCUT2D eigenvalue weighted by molar-refractivity contribution is -0.137. The van der Waals surface area contributed by atoms with Crippen LogP contribution in [-0.2, 0) is 11.3 Å². The molecule has 2 aliphatic rings. The van der Waals surface area contributed by atoms with Gasteiger partial charge in [0.1, 0.15) is 17.5 Å². The van der Waals surface area contributed by atoms with E-state index in [2.05, 4.69) is 15.4 Å². The Kier molecular flexibility index (Phi) is 6.59. The Morgan fingerprint density at radius 2 is 1.90 bits per heavy atom. The zero-order chi connectivity index (χ0) is 27.9. The van der Waals surface area contributed by atoms with Gasteiger partial charge < -0.3 is 20.1 Å². The molecule has 2 amide bonds. The minimum Gasteiger partial charge on any atom is -0.497 e. The second kappa shape index (κ2) is 10.2. The maximum Gasteiger partial charge on any atom is 0.264 e. The van der Waals surface area contributed by atoms with Crippen molar-refractivity contribution < 1.29 is 19.4 Å². The average Bonchev–Trinajstić information content (AvgIpc) is 3.73. The van der Waals surface area contributed by atoms with Crippen LogP contribution in [0.5, 0.6) is 5.75 Å². The van der Waals surface area contributed by atoms with Gasteiger partial charge in [-0.15, -0.1) is 0 Å². The highest BCUT2D eigenvalue weighted by atomic mass is 16.5. The third kappa shape index (κ3) is 5.07. The van der Waals surface area contributed by atoms with Crippen molar-refractivity contribution in [2.75, 3.05) is 25.5 Å². The van der Waals surface area contributed by atoms with E-state index in [4.69, 9.17) is 4.74 Å². The third-order valence-corrected chi connectivity index (χ3v) is 7.63. The van der Waals surface area contributed by atoms with Crippen LogP contribution in [0.15, 0.2) is 65.8 Å². The number of piperidine rings is 1. The summed E-state index contributed by atoms with van der Waals surface area (Å²) in [7, 11) is 1.54. The van der Waals surface area contributed by atoms with E-state index in [-0.39, 0.29) is 29.8 Å². The standard InChI is InChI=1S/C29H30N6O5/c1-40-23-7-2-4-20(14-23)26(36)32-21-5-3-6-22(15-21)35-25-24(16-31-35)28(38)34(18-30-25)17-29(39)10-12-33(13-11-29)27(37)19-8-9-19/h2-7,14-16,18-19,39H,8-13,17H2,1H3,(H,32,36). The quantitative estimate of drug-likeness (QED) is 0.367. The number of nitrogens with zero attached hydrogens (tertiary/aromatic N) is 5. The van der Waals surface area contributed by atoms with Crippen molar-refractivity contribution in [1.82, 2.24) is 24.2 Å². The number of amides is 2. The fourth-order valence-electron chi connectivity index (χ4n) is 5.14. The fraction of sp³-hybridized carbons (Fsp3) is 0.345. The van der Waals surface area contributed by atoms with E-state index in [9.17, 15) is 19.5 Å². The minimum atomic E-state index is -1.09. The predicted octanol–water partition coefficient (Wildman–Crippen LogP) is 2.61. The number of aliphatic hydroxyl groups is 1. The molecule has 3 heterocycles. The lowest BCUT2D eigenvalue weighted by atomic mass is 9.91. The number of hydrogen-bond acceptors (Lipinski definition) is 7. The number of methoxy groups -OCH3 is 1. The second-order valence-electron chi connectivity index (χ2n) is 10.5. The molecule has 11 heteroatoms. The molecule has 0 unspecified atom stereocenters. The number of carbonyl (C=O) groups excluding carboxylic acids is 2. The molecule has 1 aliphatic heterocycles. The van der Waals surface area contributed by atoms with Crippen molar-refractivity contribution in [2.45, 2.75) is 37.8 Å². The molecule has 2 aromatic heterocycles. The lowest BCUT2D eigenvalue weighted by Gasteiger charge is -2.38. The van der Waals surface area contributed by atoms with Crippen LogP contribution in [0, 0.1) is 5.92 Å². The Morgan fingerprint density at radius 3 is 2.65 bits per heavy atom. The van der Waals surface area contributed by atoms with Crippen LogP contribution in [0.1, 0.15) is 36.0 Å². The molecule has 0 bridgehead atoms. The molecule has 2 N–H and O–H groups in total. The first-order valence-corrected chi connectivity index (χ1v) is 13.3. The van der Waals surface area contributed by atoms with Crippen LogP contribution in [0.4, 0.5) is 5.69 Å². The smallest absolute Gasteiger partial charge is 0.264 e. The van der Waals surface area contributed by atoms with E-state index in [1.54, 1.807) is 60.3 Å². The molecule has 1 aliphatic carbocycles. The molecule has 6 rings (SSSR count). The first kappa shape index (κ1) is 25.8. The normalized spacial score (nSPS) is 16.6. The highest BCUT2D eigenvalue weighted by Gasteiger charge is 2.39. The Bertz CT molecular complexity index is 1650. The molecular formula is C29H30N6O5. The Balaban J connectivity index is 1.19. The zero-order valence-electron chi connectivity index (χ0n) is 22.1. The van der Waals surface area contributed by atoms with Crippen LogP contribution >= 0.6 is 0 Å². The van der Waals surface area contributed by atoms with Gasteiger partial charge in [-0.25, -0.2) is 9.67 Å². The van der Waals surface area contributed by atoms with E-state index in [1.165, 1.54) is 17.1 Å². The molecular weight excluding hydrogens is 512 g/mol. The van der Waals surface area contributed by atoms with Crippen LogP contribution in [0.25, 0.3) is 16.7 Å². The molecule has 0 spiro atoms. The SMILES string of the molecule is COc1cccc(C(=O)Nc2cccc(-n3ncc4c(=O)n(CC5(O)CCN(C(=O)C6CC6)CC5)cnc43)c2)c1. The summed E-state index contributed by atoms with van der Waals surface area (Å²) in [6, 6.07) is 14.0. The van der Waals surface area contributed by atoms with Gasteiger partial charge in [0.25, 0.3) is 11.5 Å². The molecule has 206 valence electrons. The third-order valence-electron chi connectivity index (χ3n) is 7.63. The van der Waals surface area contributed by atoms with Crippen LogP contribution in [0.2, 0.25) is 0 Å². The number of hydrogen-bond donors (Lipinski definition) is 2. The Labute approximate surface area is 230 Å². The molecule has 4 aromatic rings. The van der Waals surface area contributed by atoms with Gasteiger partial charge >= 0.3 is 0 Å². The van der Waals surface area contributed by atoms with Crippen molar-refractivity contribution >= 4 is 28.5 Å². The van der Waals surface area contributed by atoms with E-state index >= 15 is 0 Å². The Morgan fingerprint density at radius 1 is 1.12 bits per heavy atom. The van der Waals surface area contributed by atoms with Crippen LogP contribution < -0.4 is 15.6 Å². The summed E-state index contributed by atoms with van der Waals surface area (Å²) < 4.78 is 8.15. The number of benzene rings is 2. The number of fused-ring (bicyclic) bond motifs is 1. The van der Waals surface area contributed by atoms with E-state index < -0.39 is 5.60 Å². The van der Waals surface area contributed by atoms with E-state index in [0.717, 1.165) is 12.8 Å². The van der Waals surface area contributed by atoms with Gasteiger partial charge in [-0.1, -0.05) is 12.1 Å². The Hall–Kier alpha value is -4.51. The molecule has 2 aromatic carbocycles. The van der Waals surface area contributed by atoms with Crippen molar-refractivity contribution in [1.29, 1.82) is 0 Å². The highest BCUT2D eigenvalue weighted by molar-refractivity contribution is 6.04. The number of aromatic nitrogens is 4. The van der Waals surface area contributed by atoms with Crippen molar-refractivity contribution in [3.63, 3.8) is 0 Å². The van der Waals surface area contributed by atoms with Gasteiger partial charge in [0.2, 0.25) is 5.91 Å². The maximum atomic E-state index is 13.3. The number of likely N-dealkylation sites (tertiary alicyclic amines) is 1. The van der Waals surface area contributed by atoms with Crippen molar-refractivity contribution in [3.05, 3.63) is 77.0 Å². The largest absolute Gasteiger partial charge is 0.497 e. The highest BCUT2D eigenvalue weighted by Crippen LogP contribution is 2.33. The fourth-order valence-corrected chi connectivity index (χ4v) is 5.14. The summed E-state index contributed by atoms with van der Waals surface area (Å²) >= 11 is 0. The number of carbonyl (C=O) groups is 2. The number of nitrogens with one attached hydrogen (secondary N) is 1. The predicted molar refractivity (Wildman–Crippen MR) is 148 cm³/mol.